The minimum atomic E-state index is 0.0787. The van der Waals surface area contributed by atoms with Gasteiger partial charge in [-0.25, -0.2) is 5.43 Å². The third-order valence-electron chi connectivity index (χ3n) is 4.63. The van der Waals surface area contributed by atoms with Crippen LogP contribution < -0.4 is 5.43 Å². The summed E-state index contributed by atoms with van der Waals surface area (Å²) >= 11 is 0. The van der Waals surface area contributed by atoms with Gasteiger partial charge in [-0.1, -0.05) is 77.6 Å². The van der Waals surface area contributed by atoms with Gasteiger partial charge in [0.15, 0.2) is 0 Å². The lowest BCUT2D eigenvalue weighted by Crippen LogP contribution is -2.18. The number of carbonyl (C=O) groups excluding carboxylic acids is 1. The molecule has 1 rings (SSSR count). The second-order valence-electron chi connectivity index (χ2n) is 6.79. The first-order valence-electron chi connectivity index (χ1n) is 9.65. The predicted octanol–water partition coefficient (Wildman–Crippen LogP) is 5.59. The van der Waals surface area contributed by atoms with Crippen molar-refractivity contribution >= 4 is 12.1 Å². The van der Waals surface area contributed by atoms with Crippen molar-refractivity contribution in [2.45, 2.75) is 103 Å². The zero-order valence-electron chi connectivity index (χ0n) is 14.6. The topological polar surface area (TPSA) is 41.5 Å². The normalized spacial score (nSPS) is 16.2. The van der Waals surface area contributed by atoms with Gasteiger partial charge in [-0.3, -0.25) is 4.79 Å². The standard InChI is InChI=1S/C19H36N2O/c1-2-3-4-5-6-7-8-9-13-16-19(22)21-20-17-18-14-11-10-12-15-18/h17-18H,2-16H2,1H3,(H,21,22)/b20-17+. The Labute approximate surface area is 137 Å². The summed E-state index contributed by atoms with van der Waals surface area (Å²) in [7, 11) is 0. The van der Waals surface area contributed by atoms with Crippen molar-refractivity contribution in [2.24, 2.45) is 11.0 Å². The van der Waals surface area contributed by atoms with Gasteiger partial charge < -0.3 is 0 Å². The molecule has 0 heterocycles. The average Bonchev–Trinajstić information content (AvgIpc) is 2.54. The summed E-state index contributed by atoms with van der Waals surface area (Å²) in [5.74, 6) is 0.664. The van der Waals surface area contributed by atoms with Crippen LogP contribution in [0, 0.1) is 5.92 Å². The molecule has 22 heavy (non-hydrogen) atoms. The Balaban J connectivity index is 1.87. The zero-order chi connectivity index (χ0) is 15.9. The molecule has 1 aliphatic carbocycles. The molecule has 0 aromatic rings. The van der Waals surface area contributed by atoms with Crippen LogP contribution in [-0.4, -0.2) is 12.1 Å². The van der Waals surface area contributed by atoms with E-state index in [1.54, 1.807) is 0 Å². The molecule has 0 aliphatic heterocycles. The van der Waals surface area contributed by atoms with Gasteiger partial charge in [0.25, 0.3) is 0 Å². The van der Waals surface area contributed by atoms with Crippen LogP contribution in [0.15, 0.2) is 5.10 Å². The highest BCUT2D eigenvalue weighted by molar-refractivity contribution is 5.76. The summed E-state index contributed by atoms with van der Waals surface area (Å²) in [5, 5.41) is 4.13. The lowest BCUT2D eigenvalue weighted by atomic mass is 9.90. The second kappa shape index (κ2) is 13.8. The molecule has 1 fully saturated rings. The number of hydrogen-bond acceptors (Lipinski definition) is 2. The number of hydrazone groups is 1. The van der Waals surface area contributed by atoms with E-state index < -0.39 is 0 Å². The number of nitrogens with zero attached hydrogens (tertiary/aromatic N) is 1. The van der Waals surface area contributed by atoms with E-state index in [1.165, 1.54) is 83.5 Å². The summed E-state index contributed by atoms with van der Waals surface area (Å²) < 4.78 is 0. The maximum Gasteiger partial charge on any atom is 0.240 e. The van der Waals surface area contributed by atoms with E-state index in [2.05, 4.69) is 17.5 Å². The fraction of sp³-hybridized carbons (Fsp3) is 0.895. The van der Waals surface area contributed by atoms with Crippen molar-refractivity contribution in [1.29, 1.82) is 0 Å². The maximum atomic E-state index is 11.7. The van der Waals surface area contributed by atoms with Crippen LogP contribution in [0.4, 0.5) is 0 Å². The van der Waals surface area contributed by atoms with Gasteiger partial charge in [0.2, 0.25) is 5.91 Å². The largest absolute Gasteiger partial charge is 0.273 e. The molecule has 0 aromatic heterocycles. The zero-order valence-corrected chi connectivity index (χ0v) is 14.6. The quantitative estimate of drug-likeness (QED) is 0.285. The predicted molar refractivity (Wildman–Crippen MR) is 95.1 cm³/mol. The van der Waals surface area contributed by atoms with Crippen molar-refractivity contribution in [3.05, 3.63) is 0 Å². The van der Waals surface area contributed by atoms with Crippen LogP contribution >= 0.6 is 0 Å². The Morgan fingerprint density at radius 3 is 2.18 bits per heavy atom. The van der Waals surface area contributed by atoms with Crippen molar-refractivity contribution in [3.63, 3.8) is 0 Å². The maximum absolute atomic E-state index is 11.7. The molecule has 0 aromatic carbocycles. The van der Waals surface area contributed by atoms with E-state index in [0.29, 0.717) is 12.3 Å². The number of unbranched alkanes of at least 4 members (excludes halogenated alkanes) is 8. The highest BCUT2D eigenvalue weighted by Gasteiger charge is 2.10. The van der Waals surface area contributed by atoms with E-state index >= 15 is 0 Å². The molecule has 128 valence electrons. The van der Waals surface area contributed by atoms with Crippen LogP contribution in [0.1, 0.15) is 103 Å². The lowest BCUT2D eigenvalue weighted by Gasteiger charge is -2.16. The van der Waals surface area contributed by atoms with Crippen LogP contribution in [0.5, 0.6) is 0 Å². The lowest BCUT2D eigenvalue weighted by molar-refractivity contribution is -0.121. The minimum Gasteiger partial charge on any atom is -0.273 e. The SMILES string of the molecule is CCCCCCCCCCCC(=O)N/N=C/C1CCCCC1. The molecule has 1 N–H and O–H groups in total. The molecule has 3 nitrogen and oxygen atoms in total. The second-order valence-corrected chi connectivity index (χ2v) is 6.79. The Morgan fingerprint density at radius 2 is 1.55 bits per heavy atom. The molecule has 0 atom stereocenters. The summed E-state index contributed by atoms with van der Waals surface area (Å²) in [4.78, 5) is 11.7. The van der Waals surface area contributed by atoms with Gasteiger partial charge in [-0.2, -0.15) is 5.10 Å². The van der Waals surface area contributed by atoms with Gasteiger partial charge in [-0.15, -0.1) is 0 Å². The number of hydrogen-bond donors (Lipinski definition) is 1. The van der Waals surface area contributed by atoms with Gasteiger partial charge in [0.05, 0.1) is 0 Å². The number of nitrogens with one attached hydrogen (secondary N) is 1. The number of carbonyl (C=O) groups is 1. The third-order valence-corrected chi connectivity index (χ3v) is 4.63. The van der Waals surface area contributed by atoms with E-state index in [-0.39, 0.29) is 5.91 Å². The first-order chi connectivity index (χ1) is 10.8. The molecule has 1 saturated carbocycles. The van der Waals surface area contributed by atoms with Gasteiger partial charge in [0, 0.05) is 12.6 Å². The van der Waals surface area contributed by atoms with E-state index in [1.807, 2.05) is 6.21 Å². The monoisotopic (exact) mass is 308 g/mol. The summed E-state index contributed by atoms with van der Waals surface area (Å²) in [6.07, 6.45) is 20.6. The molecular weight excluding hydrogens is 272 g/mol. The third kappa shape index (κ3) is 10.8. The van der Waals surface area contributed by atoms with Crippen LogP contribution in [0.2, 0.25) is 0 Å². The smallest absolute Gasteiger partial charge is 0.240 e. The van der Waals surface area contributed by atoms with Crippen molar-refractivity contribution in [1.82, 2.24) is 5.43 Å². The Bertz CT molecular complexity index is 296. The van der Waals surface area contributed by atoms with E-state index in [9.17, 15) is 4.79 Å². The molecule has 0 radical (unpaired) electrons. The van der Waals surface area contributed by atoms with E-state index in [4.69, 9.17) is 0 Å². The van der Waals surface area contributed by atoms with Crippen LogP contribution in [-0.2, 0) is 4.79 Å². The average molecular weight is 309 g/mol. The van der Waals surface area contributed by atoms with Crippen molar-refractivity contribution in [3.8, 4) is 0 Å². The first-order valence-corrected chi connectivity index (χ1v) is 9.65. The molecule has 1 amide bonds. The molecule has 0 saturated heterocycles. The molecule has 1 aliphatic rings. The fourth-order valence-electron chi connectivity index (χ4n) is 3.15. The summed E-state index contributed by atoms with van der Waals surface area (Å²) in [6.45, 7) is 2.25. The summed E-state index contributed by atoms with van der Waals surface area (Å²) in [5.41, 5.74) is 2.69. The van der Waals surface area contributed by atoms with Crippen LogP contribution in [0.25, 0.3) is 0 Å². The van der Waals surface area contributed by atoms with Gasteiger partial charge in [0.1, 0.15) is 0 Å². The molecular formula is C19H36N2O. The van der Waals surface area contributed by atoms with Crippen molar-refractivity contribution in [2.75, 3.05) is 0 Å². The minimum absolute atomic E-state index is 0.0787. The fourth-order valence-corrected chi connectivity index (χ4v) is 3.15. The van der Waals surface area contributed by atoms with Gasteiger partial charge in [-0.05, 0) is 25.2 Å². The number of amides is 1. The first kappa shape index (κ1) is 19.2. The molecule has 0 bridgehead atoms. The highest BCUT2D eigenvalue weighted by Crippen LogP contribution is 2.21. The number of rotatable bonds is 12. The van der Waals surface area contributed by atoms with Crippen LogP contribution in [0.3, 0.4) is 0 Å². The van der Waals surface area contributed by atoms with Gasteiger partial charge >= 0.3 is 0 Å². The Kier molecular flexibility index (Phi) is 12.0. The highest BCUT2D eigenvalue weighted by atomic mass is 16.2. The van der Waals surface area contributed by atoms with Crippen molar-refractivity contribution < 1.29 is 4.79 Å². The molecule has 0 unspecified atom stereocenters. The van der Waals surface area contributed by atoms with E-state index in [0.717, 1.165) is 6.42 Å². The molecule has 0 spiro atoms. The molecule has 3 heteroatoms. The summed E-state index contributed by atoms with van der Waals surface area (Å²) in [6, 6.07) is 0. The Morgan fingerprint density at radius 1 is 0.955 bits per heavy atom. The Hall–Kier alpha value is -0.860.